The van der Waals surface area contributed by atoms with Crippen molar-refractivity contribution in [3.8, 4) is 23.1 Å². The summed E-state index contributed by atoms with van der Waals surface area (Å²) in [5.41, 5.74) is 3.44. The Bertz CT molecular complexity index is 1010. The topological polar surface area (TPSA) is 81.0 Å². The molecule has 148 valence electrons. The van der Waals surface area contributed by atoms with Crippen LogP contribution in [0, 0.1) is 6.92 Å². The number of methoxy groups -OCH3 is 1. The second-order valence-corrected chi connectivity index (χ2v) is 6.95. The Balaban J connectivity index is 1.54. The van der Waals surface area contributed by atoms with Gasteiger partial charge in [0.2, 0.25) is 5.88 Å². The van der Waals surface area contributed by atoms with Crippen LogP contribution in [0.4, 0.5) is 0 Å². The second kappa shape index (κ2) is 8.15. The molecule has 0 unspecified atom stereocenters. The zero-order chi connectivity index (χ0) is 20.4. The highest BCUT2D eigenvalue weighted by Crippen LogP contribution is 2.41. The summed E-state index contributed by atoms with van der Waals surface area (Å²) in [7, 11) is 0.110. The SMILES string of the molecule is COc1ccc(Oc2cccc3c2CC[C@H]3Oc2ccc(B(O)O)cc2)c(C)n1. The largest absolute Gasteiger partial charge is 0.488 e. The van der Waals surface area contributed by atoms with Gasteiger partial charge in [-0.2, -0.15) is 0 Å². The Labute approximate surface area is 169 Å². The molecule has 1 atom stereocenters. The molecule has 1 aliphatic rings. The monoisotopic (exact) mass is 391 g/mol. The van der Waals surface area contributed by atoms with Gasteiger partial charge in [-0.3, -0.25) is 0 Å². The number of pyridine rings is 1. The smallest absolute Gasteiger partial charge is 0.486 e. The van der Waals surface area contributed by atoms with E-state index >= 15 is 0 Å². The Kier molecular flexibility index (Phi) is 5.42. The minimum atomic E-state index is -1.48. The lowest BCUT2D eigenvalue weighted by Gasteiger charge is -2.16. The summed E-state index contributed by atoms with van der Waals surface area (Å²) < 4.78 is 17.5. The van der Waals surface area contributed by atoms with Gasteiger partial charge in [-0.25, -0.2) is 4.98 Å². The van der Waals surface area contributed by atoms with E-state index in [-0.39, 0.29) is 6.10 Å². The van der Waals surface area contributed by atoms with Crippen molar-refractivity contribution in [2.75, 3.05) is 7.11 Å². The van der Waals surface area contributed by atoms with Crippen LogP contribution in [0.25, 0.3) is 0 Å². The molecule has 0 saturated heterocycles. The van der Waals surface area contributed by atoms with Gasteiger partial charge in [0, 0.05) is 11.6 Å². The highest BCUT2D eigenvalue weighted by atomic mass is 16.5. The molecular weight excluding hydrogens is 369 g/mol. The van der Waals surface area contributed by atoms with Crippen molar-refractivity contribution in [3.63, 3.8) is 0 Å². The van der Waals surface area contributed by atoms with Crippen molar-refractivity contribution in [2.24, 2.45) is 0 Å². The number of fused-ring (bicyclic) bond motifs is 1. The molecular formula is C22H22BNO5. The molecule has 1 aromatic heterocycles. The van der Waals surface area contributed by atoms with Crippen molar-refractivity contribution < 1.29 is 24.3 Å². The number of rotatable bonds is 6. The van der Waals surface area contributed by atoms with Gasteiger partial charge in [-0.1, -0.05) is 24.3 Å². The molecule has 1 aliphatic carbocycles. The maximum Gasteiger partial charge on any atom is 0.488 e. The van der Waals surface area contributed by atoms with Crippen LogP contribution < -0.4 is 19.7 Å². The molecule has 1 heterocycles. The Morgan fingerprint density at radius 3 is 2.48 bits per heavy atom. The third-order valence-electron chi connectivity index (χ3n) is 5.07. The molecule has 0 bridgehead atoms. The minimum Gasteiger partial charge on any atom is -0.486 e. The molecule has 29 heavy (non-hydrogen) atoms. The third kappa shape index (κ3) is 4.06. The fourth-order valence-corrected chi connectivity index (χ4v) is 3.55. The van der Waals surface area contributed by atoms with Gasteiger partial charge in [0.25, 0.3) is 0 Å². The molecule has 0 aliphatic heterocycles. The van der Waals surface area contributed by atoms with Gasteiger partial charge in [-0.15, -0.1) is 0 Å². The van der Waals surface area contributed by atoms with Gasteiger partial charge in [0.05, 0.1) is 12.8 Å². The van der Waals surface area contributed by atoms with Crippen molar-refractivity contribution >= 4 is 12.6 Å². The van der Waals surface area contributed by atoms with E-state index < -0.39 is 7.12 Å². The van der Waals surface area contributed by atoms with E-state index in [1.807, 2.05) is 25.1 Å². The quantitative estimate of drug-likeness (QED) is 0.629. The highest BCUT2D eigenvalue weighted by molar-refractivity contribution is 6.58. The van der Waals surface area contributed by atoms with Crippen LogP contribution >= 0.6 is 0 Å². The van der Waals surface area contributed by atoms with Crippen LogP contribution in [-0.2, 0) is 6.42 Å². The Morgan fingerprint density at radius 1 is 1.00 bits per heavy atom. The van der Waals surface area contributed by atoms with E-state index in [0.29, 0.717) is 22.8 Å². The van der Waals surface area contributed by atoms with Crippen LogP contribution in [0.2, 0.25) is 0 Å². The van der Waals surface area contributed by atoms with Crippen LogP contribution in [0.3, 0.4) is 0 Å². The number of aryl methyl sites for hydroxylation is 1. The predicted octanol–water partition coefficient (Wildman–Crippen LogP) is 2.94. The number of ether oxygens (including phenoxy) is 3. The van der Waals surface area contributed by atoms with Crippen molar-refractivity contribution in [1.29, 1.82) is 0 Å². The lowest BCUT2D eigenvalue weighted by molar-refractivity contribution is 0.207. The Hall–Kier alpha value is -3.03. The fourth-order valence-electron chi connectivity index (χ4n) is 3.55. The first-order valence-electron chi connectivity index (χ1n) is 9.49. The lowest BCUT2D eigenvalue weighted by atomic mass is 9.80. The third-order valence-corrected chi connectivity index (χ3v) is 5.07. The van der Waals surface area contributed by atoms with Gasteiger partial charge in [0.1, 0.15) is 23.4 Å². The van der Waals surface area contributed by atoms with Crippen LogP contribution in [0.1, 0.15) is 29.3 Å². The van der Waals surface area contributed by atoms with Gasteiger partial charge >= 0.3 is 7.12 Å². The first-order chi connectivity index (χ1) is 14.0. The molecule has 2 N–H and O–H groups in total. The number of hydrogen-bond donors (Lipinski definition) is 2. The van der Waals surface area contributed by atoms with Crippen molar-refractivity contribution in [1.82, 2.24) is 4.98 Å². The molecule has 7 heteroatoms. The summed E-state index contributed by atoms with van der Waals surface area (Å²) >= 11 is 0. The van der Waals surface area contributed by atoms with Crippen LogP contribution in [0.5, 0.6) is 23.1 Å². The number of hydrogen-bond acceptors (Lipinski definition) is 6. The highest BCUT2D eigenvalue weighted by Gasteiger charge is 2.27. The van der Waals surface area contributed by atoms with Gasteiger partial charge in [-0.05, 0) is 55.1 Å². The van der Waals surface area contributed by atoms with Crippen LogP contribution in [0.15, 0.2) is 54.6 Å². The molecule has 0 radical (unpaired) electrons. The molecule has 0 amide bonds. The lowest BCUT2D eigenvalue weighted by Crippen LogP contribution is -2.29. The average molecular weight is 391 g/mol. The summed E-state index contributed by atoms with van der Waals surface area (Å²) in [6.45, 7) is 1.89. The summed E-state index contributed by atoms with van der Waals surface area (Å²) in [5.74, 6) is 2.75. The Morgan fingerprint density at radius 2 is 1.79 bits per heavy atom. The van der Waals surface area contributed by atoms with Crippen molar-refractivity contribution in [3.05, 3.63) is 71.4 Å². The summed E-state index contributed by atoms with van der Waals surface area (Å²) in [6.07, 6.45) is 1.63. The summed E-state index contributed by atoms with van der Waals surface area (Å²) in [5, 5.41) is 18.4. The second-order valence-electron chi connectivity index (χ2n) is 6.95. The molecule has 0 fully saturated rings. The molecule has 0 spiro atoms. The first-order valence-corrected chi connectivity index (χ1v) is 9.49. The maximum atomic E-state index is 9.22. The van der Waals surface area contributed by atoms with E-state index in [0.717, 1.165) is 35.4 Å². The zero-order valence-corrected chi connectivity index (χ0v) is 16.3. The van der Waals surface area contributed by atoms with Crippen molar-refractivity contribution in [2.45, 2.75) is 25.9 Å². The van der Waals surface area contributed by atoms with E-state index in [4.69, 9.17) is 14.2 Å². The normalized spacial score (nSPS) is 15.0. The van der Waals surface area contributed by atoms with E-state index in [9.17, 15) is 10.0 Å². The number of aromatic nitrogens is 1. The fraction of sp³-hybridized carbons (Fsp3) is 0.227. The van der Waals surface area contributed by atoms with E-state index in [1.165, 1.54) is 0 Å². The summed E-state index contributed by atoms with van der Waals surface area (Å²) in [6, 6.07) is 16.4. The van der Waals surface area contributed by atoms with Crippen LogP contribution in [-0.4, -0.2) is 29.3 Å². The van der Waals surface area contributed by atoms with E-state index in [2.05, 4.69) is 11.1 Å². The van der Waals surface area contributed by atoms with E-state index in [1.54, 1.807) is 37.4 Å². The number of nitrogens with zero attached hydrogens (tertiary/aromatic N) is 1. The van der Waals surface area contributed by atoms with Gasteiger partial charge < -0.3 is 24.3 Å². The van der Waals surface area contributed by atoms with Gasteiger partial charge in [0.15, 0.2) is 0 Å². The molecule has 2 aromatic carbocycles. The standard InChI is InChI=1S/C22H22BNO5/c1-14-19(12-13-22(24-14)27-2)29-20-5-3-4-17-18(20)10-11-21(17)28-16-8-6-15(7-9-16)23(25)26/h3-9,12-13,21,25-26H,10-11H2,1-2H3/t21-/m1/s1. The molecule has 6 nitrogen and oxygen atoms in total. The summed E-state index contributed by atoms with van der Waals surface area (Å²) in [4.78, 5) is 4.36. The molecule has 3 aromatic rings. The maximum absolute atomic E-state index is 9.22. The number of benzene rings is 2. The molecule has 0 saturated carbocycles. The average Bonchev–Trinajstić information content (AvgIpc) is 3.13. The zero-order valence-electron chi connectivity index (χ0n) is 16.3. The first kappa shape index (κ1) is 19.3. The molecule has 4 rings (SSSR count). The predicted molar refractivity (Wildman–Crippen MR) is 110 cm³/mol. The minimum absolute atomic E-state index is 0.0754.